The Kier molecular flexibility index (Phi) is 4.69. The maximum Gasteiger partial charge on any atom is 0.240 e. The molecule has 5 N–H and O–H groups in total. The van der Waals surface area contributed by atoms with Gasteiger partial charge in [-0.2, -0.15) is 0 Å². The molecule has 2 aromatic rings. The van der Waals surface area contributed by atoms with Gasteiger partial charge in [-0.25, -0.2) is 13.6 Å². The lowest BCUT2D eigenvalue weighted by Crippen LogP contribution is -2.14. The third-order valence-electron chi connectivity index (χ3n) is 2.65. The molecule has 20 heavy (non-hydrogen) atoms. The first-order valence-corrected chi connectivity index (χ1v) is 8.92. The van der Waals surface area contributed by atoms with E-state index in [2.05, 4.69) is 27.3 Å². The number of primary sulfonamides is 1. The van der Waals surface area contributed by atoms with E-state index in [1.807, 2.05) is 6.07 Å². The third kappa shape index (κ3) is 3.95. The van der Waals surface area contributed by atoms with Gasteiger partial charge in [-0.3, -0.25) is 0 Å². The monoisotopic (exact) mass is 375 g/mol. The minimum atomic E-state index is -3.77. The largest absolute Gasteiger partial charge is 0.398 e. The summed E-state index contributed by atoms with van der Waals surface area (Å²) in [4.78, 5) is 1.21. The van der Waals surface area contributed by atoms with E-state index in [-0.39, 0.29) is 10.6 Å². The fourth-order valence-electron chi connectivity index (χ4n) is 1.73. The number of sulfonamides is 1. The summed E-state index contributed by atoms with van der Waals surface area (Å²) < 4.78 is 23.6. The van der Waals surface area contributed by atoms with Crippen LogP contribution in [0.25, 0.3) is 0 Å². The molecular weight excluding hydrogens is 362 g/mol. The van der Waals surface area contributed by atoms with Gasteiger partial charge in [0.25, 0.3) is 0 Å². The van der Waals surface area contributed by atoms with Gasteiger partial charge in [0, 0.05) is 17.1 Å². The molecule has 5 nitrogen and oxygen atoms in total. The number of hydrogen-bond acceptors (Lipinski definition) is 5. The second-order valence-corrected chi connectivity index (χ2v) is 8.26. The highest BCUT2D eigenvalue weighted by atomic mass is 79.9. The third-order valence-corrected chi connectivity index (χ3v) is 5.31. The number of halogens is 1. The van der Waals surface area contributed by atoms with Gasteiger partial charge in [-0.15, -0.1) is 11.3 Å². The predicted molar refractivity (Wildman–Crippen MR) is 86.4 cm³/mol. The molecule has 1 aromatic heterocycles. The number of nitrogens with one attached hydrogen (secondary N) is 1. The first-order valence-electron chi connectivity index (χ1n) is 5.76. The van der Waals surface area contributed by atoms with Crippen molar-refractivity contribution in [1.82, 2.24) is 0 Å². The first-order chi connectivity index (χ1) is 9.36. The predicted octanol–water partition coefficient (Wildman–Crippen LogP) is 2.39. The van der Waals surface area contributed by atoms with Crippen molar-refractivity contribution in [3.05, 3.63) is 39.0 Å². The zero-order chi connectivity index (χ0) is 14.8. The second-order valence-electron chi connectivity index (χ2n) is 4.18. The van der Waals surface area contributed by atoms with Crippen LogP contribution < -0.4 is 16.2 Å². The van der Waals surface area contributed by atoms with Crippen LogP contribution in [0, 0.1) is 0 Å². The fourth-order valence-corrected chi connectivity index (χ4v) is 3.86. The van der Waals surface area contributed by atoms with Crippen molar-refractivity contribution in [3.63, 3.8) is 0 Å². The molecule has 0 saturated carbocycles. The van der Waals surface area contributed by atoms with Crippen molar-refractivity contribution in [1.29, 1.82) is 0 Å². The van der Waals surface area contributed by atoms with Gasteiger partial charge in [0.05, 0.1) is 9.47 Å². The quantitative estimate of drug-likeness (QED) is 0.698. The lowest BCUT2D eigenvalue weighted by atomic mass is 10.2. The summed E-state index contributed by atoms with van der Waals surface area (Å²) >= 11 is 5.11. The Morgan fingerprint density at radius 2 is 2.00 bits per heavy atom. The summed E-state index contributed by atoms with van der Waals surface area (Å²) in [5, 5.41) is 8.25. The van der Waals surface area contributed by atoms with Crippen molar-refractivity contribution in [2.24, 2.45) is 5.14 Å². The van der Waals surface area contributed by atoms with Crippen LogP contribution in [0.5, 0.6) is 0 Å². The Bertz CT molecular complexity index is 713. The highest BCUT2D eigenvalue weighted by Crippen LogP contribution is 2.23. The van der Waals surface area contributed by atoms with Gasteiger partial charge in [0.15, 0.2) is 0 Å². The molecule has 0 unspecified atom stereocenters. The molecule has 1 heterocycles. The van der Waals surface area contributed by atoms with Gasteiger partial charge in [0.2, 0.25) is 10.0 Å². The van der Waals surface area contributed by atoms with Crippen molar-refractivity contribution >= 4 is 48.7 Å². The van der Waals surface area contributed by atoms with Crippen molar-refractivity contribution in [2.75, 3.05) is 17.6 Å². The van der Waals surface area contributed by atoms with E-state index < -0.39 is 10.0 Å². The van der Waals surface area contributed by atoms with Gasteiger partial charge < -0.3 is 11.1 Å². The Hall–Kier alpha value is -1.09. The average Bonchev–Trinajstić information content (AvgIpc) is 2.73. The van der Waals surface area contributed by atoms with Gasteiger partial charge in [0.1, 0.15) is 4.90 Å². The number of nitrogens with two attached hydrogens (primary N) is 2. The Morgan fingerprint density at radius 1 is 1.25 bits per heavy atom. The zero-order valence-electron chi connectivity index (χ0n) is 10.5. The SMILES string of the molecule is Nc1cc(NCCc2ccc(Br)s2)ccc1S(N)(=O)=O. The van der Waals surface area contributed by atoms with Crippen LogP contribution in [0.2, 0.25) is 0 Å². The summed E-state index contributed by atoms with van der Waals surface area (Å²) in [6, 6.07) is 8.72. The molecule has 2 rings (SSSR count). The summed E-state index contributed by atoms with van der Waals surface area (Å²) in [5.74, 6) is 0. The maximum absolute atomic E-state index is 11.2. The van der Waals surface area contributed by atoms with Crippen molar-refractivity contribution in [2.45, 2.75) is 11.3 Å². The van der Waals surface area contributed by atoms with Crippen molar-refractivity contribution < 1.29 is 8.42 Å². The number of nitrogen functional groups attached to an aromatic ring is 1. The van der Waals surface area contributed by atoms with Crippen molar-refractivity contribution in [3.8, 4) is 0 Å². The minimum absolute atomic E-state index is 0.0507. The van der Waals surface area contributed by atoms with Crippen LogP contribution in [-0.4, -0.2) is 15.0 Å². The normalized spacial score (nSPS) is 11.5. The van der Waals surface area contributed by atoms with Crippen LogP contribution in [0.1, 0.15) is 4.88 Å². The van der Waals surface area contributed by atoms with Crippen LogP contribution in [0.15, 0.2) is 39.0 Å². The summed E-state index contributed by atoms with van der Waals surface area (Å²) in [6.45, 7) is 0.737. The summed E-state index contributed by atoms with van der Waals surface area (Å²) in [6.07, 6.45) is 0.882. The number of anilines is 2. The van der Waals surface area contributed by atoms with Crippen LogP contribution in [0.4, 0.5) is 11.4 Å². The van der Waals surface area contributed by atoms with E-state index in [0.29, 0.717) is 0 Å². The second kappa shape index (κ2) is 6.13. The van der Waals surface area contributed by atoms with Gasteiger partial charge in [-0.1, -0.05) is 0 Å². The average molecular weight is 376 g/mol. The molecule has 0 bridgehead atoms. The molecule has 1 aromatic carbocycles. The molecule has 0 amide bonds. The lowest BCUT2D eigenvalue weighted by Gasteiger charge is -2.08. The highest BCUT2D eigenvalue weighted by Gasteiger charge is 2.12. The van der Waals surface area contributed by atoms with E-state index in [0.717, 1.165) is 22.4 Å². The number of benzene rings is 1. The highest BCUT2D eigenvalue weighted by molar-refractivity contribution is 9.11. The molecule has 0 aliphatic rings. The molecule has 0 aliphatic heterocycles. The lowest BCUT2D eigenvalue weighted by molar-refractivity contribution is 0.598. The Balaban J connectivity index is 1.99. The van der Waals surface area contributed by atoms with Crippen LogP contribution >= 0.6 is 27.3 Å². The van der Waals surface area contributed by atoms with Gasteiger partial charge >= 0.3 is 0 Å². The fraction of sp³-hybridized carbons (Fsp3) is 0.167. The van der Waals surface area contributed by atoms with Crippen LogP contribution in [0.3, 0.4) is 0 Å². The Morgan fingerprint density at radius 3 is 2.55 bits per heavy atom. The van der Waals surface area contributed by atoms with E-state index in [9.17, 15) is 8.42 Å². The molecule has 8 heteroatoms. The van der Waals surface area contributed by atoms with E-state index >= 15 is 0 Å². The minimum Gasteiger partial charge on any atom is -0.398 e. The number of hydrogen-bond donors (Lipinski definition) is 3. The molecule has 0 radical (unpaired) electrons. The summed E-state index contributed by atoms with van der Waals surface area (Å²) in [7, 11) is -3.77. The molecule has 0 spiro atoms. The molecule has 0 saturated heterocycles. The number of thiophene rings is 1. The van der Waals surface area contributed by atoms with Crippen LogP contribution in [-0.2, 0) is 16.4 Å². The maximum atomic E-state index is 11.2. The first kappa shape index (κ1) is 15.3. The molecule has 0 fully saturated rings. The topological polar surface area (TPSA) is 98.2 Å². The summed E-state index contributed by atoms with van der Waals surface area (Å²) in [5.41, 5.74) is 6.61. The number of rotatable bonds is 5. The van der Waals surface area contributed by atoms with Gasteiger partial charge in [-0.05, 0) is 52.7 Å². The Labute approximate surface area is 130 Å². The van der Waals surface area contributed by atoms with E-state index in [1.54, 1.807) is 23.5 Å². The smallest absolute Gasteiger partial charge is 0.240 e. The molecular formula is C12H14BrN3O2S2. The molecule has 108 valence electrons. The molecule has 0 aliphatic carbocycles. The van der Waals surface area contributed by atoms with E-state index in [1.165, 1.54) is 10.9 Å². The zero-order valence-corrected chi connectivity index (χ0v) is 13.7. The van der Waals surface area contributed by atoms with E-state index in [4.69, 9.17) is 10.9 Å². The standard InChI is InChI=1S/C12H14BrN3O2S2/c13-12-4-2-9(19-12)5-6-16-8-1-3-11(10(14)7-8)20(15,17)18/h1-4,7,16H,5-6,14H2,(H2,15,17,18). The molecule has 0 atom stereocenters.